The number of amides is 1. The second-order valence-corrected chi connectivity index (χ2v) is 11.3. The van der Waals surface area contributed by atoms with Gasteiger partial charge in [-0.05, 0) is 55.0 Å². The summed E-state index contributed by atoms with van der Waals surface area (Å²) in [6.07, 6.45) is 5.42. The summed E-state index contributed by atoms with van der Waals surface area (Å²) in [7, 11) is -4.05. The lowest BCUT2D eigenvalue weighted by Crippen LogP contribution is -2.37. The maximum atomic E-state index is 13.2. The van der Waals surface area contributed by atoms with Crippen LogP contribution in [0.25, 0.3) is 0 Å². The van der Waals surface area contributed by atoms with Gasteiger partial charge in [-0.2, -0.15) is 0 Å². The summed E-state index contributed by atoms with van der Waals surface area (Å²) in [5.74, 6) is -0.563. The first kappa shape index (κ1) is 24.7. The number of benzene rings is 2. The molecule has 0 aliphatic carbocycles. The Morgan fingerprint density at radius 1 is 1.26 bits per heavy atom. The van der Waals surface area contributed by atoms with Crippen molar-refractivity contribution in [2.24, 2.45) is 0 Å². The number of carbonyl (C=O) groups excluding carboxylic acids is 1. The number of hydrogen-bond acceptors (Lipinski definition) is 7. The van der Waals surface area contributed by atoms with E-state index in [9.17, 15) is 18.3 Å². The zero-order valence-electron chi connectivity index (χ0n) is 17.7. The molecule has 2 heterocycles. The normalized spacial score (nSPS) is 16.6. The first-order valence-corrected chi connectivity index (χ1v) is 13.5. The van der Waals surface area contributed by atoms with Gasteiger partial charge in [0.1, 0.15) is 4.91 Å². The zero-order chi connectivity index (χ0) is 24.5. The number of halogens is 2. The van der Waals surface area contributed by atoms with Crippen molar-refractivity contribution in [3.63, 3.8) is 0 Å². The number of hydrogen-bond donors (Lipinski definition) is 4. The molecule has 34 heavy (non-hydrogen) atoms. The fraction of sp³-hybridized carbons (Fsp3) is 0.136. The van der Waals surface area contributed by atoms with E-state index in [1.165, 1.54) is 36.4 Å². The van der Waals surface area contributed by atoms with E-state index in [-0.39, 0.29) is 21.2 Å². The molecule has 0 saturated heterocycles. The molecule has 2 aliphatic heterocycles. The predicted molar refractivity (Wildman–Crippen MR) is 138 cm³/mol. The molecule has 0 bridgehead atoms. The van der Waals surface area contributed by atoms with Crippen molar-refractivity contribution in [3.8, 4) is 0 Å². The van der Waals surface area contributed by atoms with Crippen LogP contribution in [-0.4, -0.2) is 29.8 Å². The lowest BCUT2D eigenvalue weighted by molar-refractivity contribution is 0.0853. The summed E-state index contributed by atoms with van der Waals surface area (Å²) in [5.41, 5.74) is 1.17. The topological polar surface area (TPSA) is 111 Å². The lowest BCUT2D eigenvalue weighted by atomic mass is 10.0. The Hall–Kier alpha value is -2.44. The Morgan fingerprint density at radius 3 is 2.82 bits per heavy atom. The quantitative estimate of drug-likeness (QED) is 0.357. The average molecular weight is 584 g/mol. The van der Waals surface area contributed by atoms with Crippen LogP contribution in [0.4, 0.5) is 5.69 Å². The lowest BCUT2D eigenvalue weighted by Gasteiger charge is -2.23. The smallest absolute Gasteiger partial charge is 0.264 e. The molecule has 0 fully saturated rings. The van der Waals surface area contributed by atoms with Gasteiger partial charge >= 0.3 is 0 Å². The molecule has 0 radical (unpaired) electrons. The van der Waals surface area contributed by atoms with Crippen LogP contribution in [0.5, 0.6) is 0 Å². The van der Waals surface area contributed by atoms with Crippen molar-refractivity contribution in [2.45, 2.75) is 19.1 Å². The fourth-order valence-electron chi connectivity index (χ4n) is 3.40. The molecule has 2 atom stereocenters. The summed E-state index contributed by atoms with van der Waals surface area (Å²) in [6, 6.07) is 10.8. The van der Waals surface area contributed by atoms with E-state index in [1.807, 2.05) is 6.07 Å². The Morgan fingerprint density at radius 2 is 2.06 bits per heavy atom. The molecule has 4 N–H and O–H groups in total. The van der Waals surface area contributed by atoms with Gasteiger partial charge in [-0.3, -0.25) is 13.8 Å². The van der Waals surface area contributed by atoms with Crippen molar-refractivity contribution in [2.75, 3.05) is 4.72 Å². The third-order valence-electron chi connectivity index (χ3n) is 5.09. The van der Waals surface area contributed by atoms with Crippen LogP contribution >= 0.6 is 39.7 Å². The first-order valence-electron chi connectivity index (χ1n) is 10.0. The summed E-state index contributed by atoms with van der Waals surface area (Å²) >= 11 is 10.7. The van der Waals surface area contributed by atoms with E-state index in [2.05, 4.69) is 30.7 Å². The second kappa shape index (κ2) is 10.0. The molecular formula is C22H20BrClN4O4S2. The van der Waals surface area contributed by atoms with Crippen LogP contribution in [0.3, 0.4) is 0 Å². The van der Waals surface area contributed by atoms with Crippen LogP contribution in [0, 0.1) is 0 Å². The van der Waals surface area contributed by atoms with Crippen LogP contribution in [0.2, 0.25) is 5.02 Å². The summed E-state index contributed by atoms with van der Waals surface area (Å²) in [5, 5.41) is 13.7. The van der Waals surface area contributed by atoms with E-state index in [1.54, 1.807) is 47.9 Å². The highest BCUT2D eigenvalue weighted by atomic mass is 79.9. The highest BCUT2D eigenvalue weighted by molar-refractivity contribution is 9.10. The van der Waals surface area contributed by atoms with Gasteiger partial charge in [0.15, 0.2) is 0 Å². The number of aliphatic hydroxyl groups is 1. The molecule has 12 heteroatoms. The van der Waals surface area contributed by atoms with Gasteiger partial charge in [-0.15, -0.1) is 0 Å². The minimum atomic E-state index is -4.05. The Bertz CT molecular complexity index is 1330. The summed E-state index contributed by atoms with van der Waals surface area (Å²) in [6.45, 7) is 1.66. The molecular weight excluding hydrogens is 564 g/mol. The molecule has 2 aromatic carbocycles. The molecule has 0 saturated carbocycles. The molecule has 1 amide bonds. The average Bonchev–Trinajstić information content (AvgIpc) is 3.27. The number of nitrogens with zero attached hydrogens (tertiary/aromatic N) is 1. The molecule has 178 valence electrons. The molecule has 0 aromatic heterocycles. The van der Waals surface area contributed by atoms with Crippen LogP contribution in [-0.2, 0) is 10.0 Å². The van der Waals surface area contributed by atoms with Gasteiger partial charge in [-0.25, -0.2) is 8.42 Å². The Balaban J connectivity index is 1.57. The van der Waals surface area contributed by atoms with Crippen molar-refractivity contribution < 1.29 is 18.3 Å². The number of carbonyl (C=O) groups is 1. The van der Waals surface area contributed by atoms with Gasteiger partial charge in [0, 0.05) is 21.9 Å². The zero-order valence-corrected chi connectivity index (χ0v) is 21.7. The number of anilines is 1. The van der Waals surface area contributed by atoms with Crippen molar-refractivity contribution >= 4 is 61.3 Å². The molecule has 2 aromatic rings. The summed E-state index contributed by atoms with van der Waals surface area (Å²) < 4.78 is 34.2. The van der Waals surface area contributed by atoms with Crippen molar-refractivity contribution in [1.82, 2.24) is 14.3 Å². The largest absolute Gasteiger partial charge is 0.386 e. The maximum Gasteiger partial charge on any atom is 0.264 e. The highest BCUT2D eigenvalue weighted by Gasteiger charge is 2.31. The van der Waals surface area contributed by atoms with E-state index in [0.29, 0.717) is 11.3 Å². The Kier molecular flexibility index (Phi) is 7.29. The number of sulfonamides is 1. The van der Waals surface area contributed by atoms with Gasteiger partial charge < -0.3 is 15.1 Å². The minimum absolute atomic E-state index is 0.0235. The SMILES string of the molecule is C[C@@H](NC(=O)c1ccc(Cl)cc1NS(=O)(=O)C1=CC=CN2SNC=C12)[C@@H](O)c1cccc(Br)c1. The number of allylic oxidation sites excluding steroid dienone is 2. The van der Waals surface area contributed by atoms with Crippen molar-refractivity contribution in [1.29, 1.82) is 0 Å². The van der Waals surface area contributed by atoms with Crippen LogP contribution in [0.1, 0.15) is 28.9 Å². The minimum Gasteiger partial charge on any atom is -0.386 e. The van der Waals surface area contributed by atoms with Crippen LogP contribution in [0.15, 0.2) is 82.1 Å². The highest BCUT2D eigenvalue weighted by Crippen LogP contribution is 2.34. The number of fused-ring (bicyclic) bond motifs is 1. The standard InChI is InChI=1S/C22H20BrClN4O4S2/c1-13(21(29)14-4-2-5-15(23)10-14)26-22(30)17-8-7-16(24)11-18(17)27-34(31,32)20-6-3-9-28-19(20)12-25-33-28/h2-13,21,25,27,29H,1H3,(H,26,30)/t13-,21-/m1/s1. The number of rotatable bonds is 7. The molecule has 8 nitrogen and oxygen atoms in total. The third-order valence-corrected chi connectivity index (χ3v) is 7.97. The fourth-order valence-corrected chi connectivity index (χ4v) is 5.97. The molecule has 2 aliphatic rings. The van der Waals surface area contributed by atoms with Gasteiger partial charge in [-0.1, -0.05) is 39.7 Å². The number of nitrogens with one attached hydrogen (secondary N) is 3. The van der Waals surface area contributed by atoms with E-state index >= 15 is 0 Å². The molecule has 4 rings (SSSR count). The maximum absolute atomic E-state index is 13.2. The van der Waals surface area contributed by atoms with E-state index in [0.717, 1.165) is 4.47 Å². The van der Waals surface area contributed by atoms with Crippen molar-refractivity contribution in [3.05, 3.63) is 98.2 Å². The van der Waals surface area contributed by atoms with Gasteiger partial charge in [0.2, 0.25) is 0 Å². The van der Waals surface area contributed by atoms with Gasteiger partial charge in [0.05, 0.1) is 41.2 Å². The molecule has 0 unspecified atom stereocenters. The van der Waals surface area contributed by atoms with E-state index < -0.39 is 28.1 Å². The van der Waals surface area contributed by atoms with Gasteiger partial charge in [0.25, 0.3) is 15.9 Å². The Labute approximate surface area is 215 Å². The summed E-state index contributed by atoms with van der Waals surface area (Å²) in [4.78, 5) is 13.1. The van der Waals surface area contributed by atoms with Crippen LogP contribution < -0.4 is 14.8 Å². The monoisotopic (exact) mass is 582 g/mol. The number of aliphatic hydroxyl groups excluding tert-OH is 1. The first-order chi connectivity index (χ1) is 16.2. The van der Waals surface area contributed by atoms with E-state index in [4.69, 9.17) is 11.6 Å². The third kappa shape index (κ3) is 5.28. The molecule has 0 spiro atoms. The predicted octanol–water partition coefficient (Wildman–Crippen LogP) is 4.42. The second-order valence-electron chi connectivity index (χ2n) is 7.49.